The van der Waals surface area contributed by atoms with Crippen LogP contribution in [0.1, 0.15) is 22.3 Å². The molecule has 2 N–H and O–H groups in total. The van der Waals surface area contributed by atoms with Gasteiger partial charge in [-0.05, 0) is 36.2 Å². The third-order valence-corrected chi connectivity index (χ3v) is 3.33. The third kappa shape index (κ3) is 5.54. The molecule has 2 aromatic carbocycles. The second-order valence-electron chi connectivity index (χ2n) is 5.32. The van der Waals surface area contributed by atoms with E-state index in [9.17, 15) is 31.5 Å². The molecule has 0 radical (unpaired) electrons. The minimum Gasteiger partial charge on any atom is -0.308 e. The van der Waals surface area contributed by atoms with E-state index in [0.29, 0.717) is 5.56 Å². The van der Waals surface area contributed by atoms with Crippen LogP contribution in [0.25, 0.3) is 0 Å². The summed E-state index contributed by atoms with van der Waals surface area (Å²) in [4.78, 5) is 23.5. The van der Waals surface area contributed by atoms with Crippen molar-refractivity contribution in [3.05, 3.63) is 65.2 Å². The number of rotatable bonds is 4. The van der Waals surface area contributed by atoms with Crippen molar-refractivity contribution in [1.29, 1.82) is 0 Å². The zero-order valence-corrected chi connectivity index (χ0v) is 13.2. The average Bonchev–Trinajstić information content (AvgIpc) is 2.53. The Morgan fingerprint density at radius 2 is 1.50 bits per heavy atom. The normalized spacial score (nSPS) is 11.1. The minimum atomic E-state index is -4.26. The van der Waals surface area contributed by atoms with Gasteiger partial charge in [0.1, 0.15) is 17.2 Å². The number of anilines is 1. The van der Waals surface area contributed by atoms with Crippen molar-refractivity contribution in [3.8, 4) is 0 Å². The van der Waals surface area contributed by atoms with Crippen molar-refractivity contribution in [1.82, 2.24) is 5.32 Å². The van der Waals surface area contributed by atoms with Crippen LogP contribution in [0.5, 0.6) is 0 Å². The Labute approximate surface area is 145 Å². The average molecular weight is 372 g/mol. The number of alkyl halides is 3. The minimum absolute atomic E-state index is 0.195. The van der Waals surface area contributed by atoms with Crippen molar-refractivity contribution in [2.24, 2.45) is 0 Å². The highest BCUT2D eigenvalue weighted by Crippen LogP contribution is 2.22. The molecule has 0 fully saturated rings. The van der Waals surface area contributed by atoms with Gasteiger partial charge in [-0.3, -0.25) is 10.1 Å². The number of hydrogen-bond acceptors (Lipinski definition) is 2. The summed E-state index contributed by atoms with van der Waals surface area (Å²) in [6.45, 7) is 0. The number of carbonyl (C=O) groups is 2. The largest absolute Gasteiger partial charge is 0.389 e. The Hall–Kier alpha value is -2.97. The van der Waals surface area contributed by atoms with E-state index in [4.69, 9.17) is 0 Å². The second kappa shape index (κ2) is 7.94. The maximum absolute atomic E-state index is 13.5. The maximum atomic E-state index is 13.5. The number of halogens is 5. The molecule has 0 saturated carbocycles. The molecule has 2 rings (SSSR count). The molecule has 138 valence electrons. The van der Waals surface area contributed by atoms with Gasteiger partial charge in [0.05, 0.1) is 0 Å². The predicted molar refractivity (Wildman–Crippen MR) is 83.7 cm³/mol. The molecule has 0 atom stereocenters. The van der Waals surface area contributed by atoms with Gasteiger partial charge in [0.15, 0.2) is 0 Å². The summed E-state index contributed by atoms with van der Waals surface area (Å²) in [5, 5.41) is 4.01. The first-order chi connectivity index (χ1) is 12.2. The van der Waals surface area contributed by atoms with Gasteiger partial charge in [-0.15, -0.1) is 0 Å². The Kier molecular flexibility index (Phi) is 5.91. The Balaban J connectivity index is 1.94. The molecule has 0 bridgehead atoms. The molecule has 0 spiro atoms. The highest BCUT2D eigenvalue weighted by Gasteiger charge is 2.26. The summed E-state index contributed by atoms with van der Waals surface area (Å²) < 4.78 is 63.4. The number of amides is 3. The number of imide groups is 1. The molecule has 2 aromatic rings. The third-order valence-electron chi connectivity index (χ3n) is 3.33. The lowest BCUT2D eigenvalue weighted by Gasteiger charge is -2.09. The van der Waals surface area contributed by atoms with Crippen molar-refractivity contribution >= 4 is 17.6 Å². The summed E-state index contributed by atoms with van der Waals surface area (Å²) in [5.41, 5.74) is -0.289. The van der Waals surface area contributed by atoms with Crippen LogP contribution in [0.4, 0.5) is 32.4 Å². The van der Waals surface area contributed by atoms with Crippen LogP contribution in [-0.4, -0.2) is 18.1 Å². The van der Waals surface area contributed by atoms with E-state index in [1.807, 2.05) is 0 Å². The highest BCUT2D eigenvalue weighted by molar-refractivity contribution is 6.08. The Morgan fingerprint density at radius 3 is 2.04 bits per heavy atom. The lowest BCUT2D eigenvalue weighted by Crippen LogP contribution is -2.35. The smallest absolute Gasteiger partial charge is 0.308 e. The number of hydrogen-bond donors (Lipinski definition) is 2. The van der Waals surface area contributed by atoms with E-state index < -0.39 is 41.7 Å². The molecular formula is C17H13F5N2O2. The predicted octanol–water partition coefficient (Wildman–Crippen LogP) is 4.42. The molecule has 3 amide bonds. The summed E-state index contributed by atoms with van der Waals surface area (Å²) in [6.07, 6.45) is -5.44. The first-order valence-corrected chi connectivity index (χ1v) is 7.38. The summed E-state index contributed by atoms with van der Waals surface area (Å²) in [6, 6.07) is 7.24. The van der Waals surface area contributed by atoms with Crippen LogP contribution in [0.15, 0.2) is 42.5 Å². The Morgan fingerprint density at radius 1 is 0.923 bits per heavy atom. The van der Waals surface area contributed by atoms with E-state index in [1.54, 1.807) is 5.32 Å². The van der Waals surface area contributed by atoms with Gasteiger partial charge in [0.25, 0.3) is 5.91 Å². The molecule has 0 unspecified atom stereocenters. The molecular weight excluding hydrogens is 359 g/mol. The molecule has 0 aliphatic rings. The molecule has 0 heterocycles. The van der Waals surface area contributed by atoms with Crippen LogP contribution >= 0.6 is 0 Å². The fourth-order valence-corrected chi connectivity index (χ4v) is 2.08. The maximum Gasteiger partial charge on any atom is 0.389 e. The SMILES string of the molecule is O=C(NC(=O)c1c(F)cccc1F)Nc1ccc(CCC(F)(F)F)cc1. The van der Waals surface area contributed by atoms with Gasteiger partial charge in [-0.1, -0.05) is 18.2 Å². The highest BCUT2D eigenvalue weighted by atomic mass is 19.4. The van der Waals surface area contributed by atoms with Gasteiger partial charge in [0.2, 0.25) is 0 Å². The zero-order chi connectivity index (χ0) is 19.3. The van der Waals surface area contributed by atoms with Crippen LogP contribution in [-0.2, 0) is 6.42 Å². The van der Waals surface area contributed by atoms with E-state index in [2.05, 4.69) is 5.32 Å². The fourth-order valence-electron chi connectivity index (χ4n) is 2.08. The van der Waals surface area contributed by atoms with Gasteiger partial charge in [-0.2, -0.15) is 13.2 Å². The zero-order valence-electron chi connectivity index (χ0n) is 13.2. The topological polar surface area (TPSA) is 58.2 Å². The van der Waals surface area contributed by atoms with Gasteiger partial charge < -0.3 is 5.32 Å². The van der Waals surface area contributed by atoms with E-state index in [-0.39, 0.29) is 12.1 Å². The molecule has 0 saturated heterocycles. The quantitative estimate of drug-likeness (QED) is 0.781. The molecule has 0 aliphatic heterocycles. The molecule has 0 aromatic heterocycles. The van der Waals surface area contributed by atoms with Gasteiger partial charge in [0, 0.05) is 12.1 Å². The standard InChI is InChI=1S/C17H13F5N2O2/c18-12-2-1-3-13(19)14(12)15(25)24-16(26)23-11-6-4-10(5-7-11)8-9-17(20,21)22/h1-7H,8-9H2,(H2,23,24,25,26). The Bertz CT molecular complexity index is 784. The molecule has 0 aliphatic carbocycles. The molecule has 4 nitrogen and oxygen atoms in total. The van der Waals surface area contributed by atoms with Crippen molar-refractivity contribution < 1.29 is 31.5 Å². The first-order valence-electron chi connectivity index (χ1n) is 7.38. The monoisotopic (exact) mass is 372 g/mol. The summed E-state index contributed by atoms with van der Waals surface area (Å²) >= 11 is 0. The molecule has 9 heteroatoms. The number of benzene rings is 2. The van der Waals surface area contributed by atoms with Crippen LogP contribution in [0.3, 0.4) is 0 Å². The lowest BCUT2D eigenvalue weighted by molar-refractivity contribution is -0.134. The summed E-state index contributed by atoms with van der Waals surface area (Å²) in [7, 11) is 0. The molecule has 26 heavy (non-hydrogen) atoms. The number of urea groups is 1. The van der Waals surface area contributed by atoms with Crippen molar-refractivity contribution in [3.63, 3.8) is 0 Å². The van der Waals surface area contributed by atoms with Gasteiger partial charge >= 0.3 is 12.2 Å². The number of nitrogens with one attached hydrogen (secondary N) is 2. The van der Waals surface area contributed by atoms with Crippen molar-refractivity contribution in [2.45, 2.75) is 19.0 Å². The van der Waals surface area contributed by atoms with E-state index in [1.165, 1.54) is 24.3 Å². The summed E-state index contributed by atoms with van der Waals surface area (Å²) in [5.74, 6) is -3.51. The number of carbonyl (C=O) groups excluding carboxylic acids is 2. The van der Waals surface area contributed by atoms with Crippen LogP contribution in [0.2, 0.25) is 0 Å². The van der Waals surface area contributed by atoms with E-state index in [0.717, 1.165) is 18.2 Å². The lowest BCUT2D eigenvalue weighted by atomic mass is 10.1. The number of aryl methyl sites for hydroxylation is 1. The first kappa shape index (κ1) is 19.4. The fraction of sp³-hybridized carbons (Fsp3) is 0.176. The van der Waals surface area contributed by atoms with Gasteiger partial charge in [-0.25, -0.2) is 13.6 Å². The van der Waals surface area contributed by atoms with Crippen molar-refractivity contribution in [2.75, 3.05) is 5.32 Å². The van der Waals surface area contributed by atoms with E-state index >= 15 is 0 Å². The second-order valence-corrected chi connectivity index (χ2v) is 5.32. The van der Waals surface area contributed by atoms with Crippen LogP contribution < -0.4 is 10.6 Å². The van der Waals surface area contributed by atoms with Crippen LogP contribution in [0, 0.1) is 11.6 Å².